The number of nitrogens with zero attached hydrogens (tertiary/aromatic N) is 3. The molecular formula is C31H40N4O6S. The summed E-state index contributed by atoms with van der Waals surface area (Å²) in [6.07, 6.45) is 0.674. The number of nitrogens with one attached hydrogen (secondary N) is 1. The zero-order chi connectivity index (χ0) is 30.4. The normalized spacial score (nSPS) is 15.2. The maximum atomic E-state index is 13.9. The first-order valence-corrected chi connectivity index (χ1v) is 14.8. The largest absolute Gasteiger partial charge is 0.497 e. The number of thioether (sulfide) groups is 1. The molecule has 0 fully saturated rings. The van der Waals surface area contributed by atoms with Crippen molar-refractivity contribution in [1.82, 2.24) is 15.1 Å². The van der Waals surface area contributed by atoms with Gasteiger partial charge in [0.1, 0.15) is 29.6 Å². The third-order valence-electron chi connectivity index (χ3n) is 6.98. The number of fused-ring (bicyclic) bond motifs is 1. The van der Waals surface area contributed by atoms with Gasteiger partial charge in [-0.3, -0.25) is 14.5 Å². The number of hydrogen-bond donors (Lipinski definition) is 1. The van der Waals surface area contributed by atoms with E-state index in [-0.39, 0.29) is 29.4 Å². The highest BCUT2D eigenvalue weighted by Gasteiger charge is 2.40. The van der Waals surface area contributed by atoms with Gasteiger partial charge in [0, 0.05) is 36.8 Å². The lowest BCUT2D eigenvalue weighted by Crippen LogP contribution is -2.42. The van der Waals surface area contributed by atoms with Crippen LogP contribution in [0.4, 0.5) is 5.82 Å². The first kappa shape index (κ1) is 31.2. The topological polar surface area (TPSA) is 104 Å². The molecule has 1 aliphatic heterocycles. The van der Waals surface area contributed by atoms with Crippen LogP contribution in [-0.4, -0.2) is 75.5 Å². The Kier molecular flexibility index (Phi) is 10.1. The average Bonchev–Trinajstić information content (AvgIpc) is 3.33. The molecule has 1 N–H and O–H groups in total. The van der Waals surface area contributed by atoms with Gasteiger partial charge in [0.25, 0.3) is 0 Å². The van der Waals surface area contributed by atoms with Crippen LogP contribution in [-0.2, 0) is 19.7 Å². The molecule has 2 heterocycles. The molecule has 0 bridgehead atoms. The van der Waals surface area contributed by atoms with E-state index in [4.69, 9.17) is 24.0 Å². The van der Waals surface area contributed by atoms with Crippen molar-refractivity contribution in [3.8, 4) is 22.9 Å². The number of methoxy groups -OCH3 is 4. The molecule has 0 saturated heterocycles. The predicted octanol–water partition coefficient (Wildman–Crippen LogP) is 4.52. The second kappa shape index (κ2) is 13.5. The van der Waals surface area contributed by atoms with Gasteiger partial charge in [0.2, 0.25) is 11.8 Å². The number of aromatic nitrogens is 2. The molecule has 0 unspecified atom stereocenters. The molecule has 10 nitrogen and oxygen atoms in total. The molecule has 226 valence electrons. The minimum Gasteiger partial charge on any atom is -0.497 e. The Morgan fingerprint density at radius 3 is 2.33 bits per heavy atom. The van der Waals surface area contributed by atoms with Crippen molar-refractivity contribution < 1.29 is 28.5 Å². The van der Waals surface area contributed by atoms with E-state index >= 15 is 0 Å². The summed E-state index contributed by atoms with van der Waals surface area (Å²) in [6.45, 7) is 7.12. The molecule has 2 aromatic carbocycles. The summed E-state index contributed by atoms with van der Waals surface area (Å²) in [7, 11) is 6.49. The summed E-state index contributed by atoms with van der Waals surface area (Å²) in [4.78, 5) is 28.6. The van der Waals surface area contributed by atoms with E-state index in [1.54, 1.807) is 38.0 Å². The van der Waals surface area contributed by atoms with Crippen LogP contribution in [0.1, 0.15) is 49.3 Å². The number of hydrogen-bond acceptors (Lipinski definition) is 8. The van der Waals surface area contributed by atoms with Crippen LogP contribution in [0.5, 0.6) is 17.2 Å². The smallest absolute Gasteiger partial charge is 0.240 e. The molecule has 4 rings (SSSR count). The molecule has 0 radical (unpaired) electrons. The van der Waals surface area contributed by atoms with E-state index in [1.165, 1.54) is 11.8 Å². The number of benzene rings is 2. The Morgan fingerprint density at radius 2 is 1.71 bits per heavy atom. The molecule has 2 amide bonds. The fourth-order valence-electron chi connectivity index (χ4n) is 4.91. The Bertz CT molecular complexity index is 1400. The van der Waals surface area contributed by atoms with E-state index < -0.39 is 5.41 Å². The van der Waals surface area contributed by atoms with Gasteiger partial charge in [0.15, 0.2) is 0 Å². The SMILES string of the molecule is COCCCNC(=O)CN1C(=O)CS[C@@H](c2cc(OC)ccc2OC)c2c(C(C)(C)C)nn(-c3ccc(OC)cc3)c21. The molecule has 42 heavy (non-hydrogen) atoms. The monoisotopic (exact) mass is 596 g/mol. The van der Waals surface area contributed by atoms with E-state index in [9.17, 15) is 9.59 Å². The summed E-state index contributed by atoms with van der Waals surface area (Å²) in [5.74, 6) is 2.32. The summed E-state index contributed by atoms with van der Waals surface area (Å²) < 4.78 is 23.6. The van der Waals surface area contributed by atoms with Crippen molar-refractivity contribution in [1.29, 1.82) is 0 Å². The van der Waals surface area contributed by atoms with Gasteiger partial charge in [-0.05, 0) is 48.9 Å². The Balaban J connectivity index is 1.96. The fourth-order valence-corrected chi connectivity index (χ4v) is 6.12. The van der Waals surface area contributed by atoms with Crippen LogP contribution in [0.2, 0.25) is 0 Å². The van der Waals surface area contributed by atoms with Gasteiger partial charge >= 0.3 is 0 Å². The van der Waals surface area contributed by atoms with Gasteiger partial charge < -0.3 is 24.3 Å². The van der Waals surface area contributed by atoms with Crippen molar-refractivity contribution >= 4 is 29.4 Å². The maximum absolute atomic E-state index is 13.9. The highest BCUT2D eigenvalue weighted by molar-refractivity contribution is 8.00. The summed E-state index contributed by atoms with van der Waals surface area (Å²) in [5, 5.41) is 7.72. The number of carbonyl (C=O) groups is 2. The van der Waals surface area contributed by atoms with Crippen molar-refractivity contribution in [3.63, 3.8) is 0 Å². The van der Waals surface area contributed by atoms with Crippen molar-refractivity contribution in [2.75, 3.05) is 58.8 Å². The maximum Gasteiger partial charge on any atom is 0.240 e. The predicted molar refractivity (Wildman–Crippen MR) is 165 cm³/mol. The molecule has 1 aliphatic rings. The highest BCUT2D eigenvalue weighted by atomic mass is 32.2. The second-order valence-corrected chi connectivity index (χ2v) is 12.0. The average molecular weight is 597 g/mol. The summed E-state index contributed by atoms with van der Waals surface area (Å²) in [6, 6.07) is 13.2. The molecule has 1 aromatic heterocycles. The number of amides is 2. The molecule has 3 aromatic rings. The van der Waals surface area contributed by atoms with Crippen molar-refractivity contribution in [3.05, 3.63) is 59.3 Å². The summed E-state index contributed by atoms with van der Waals surface area (Å²) in [5.41, 5.74) is 2.88. The van der Waals surface area contributed by atoms with Gasteiger partial charge in [0.05, 0.1) is 43.7 Å². The number of anilines is 1. The third kappa shape index (κ3) is 6.68. The first-order chi connectivity index (χ1) is 20.1. The van der Waals surface area contributed by atoms with E-state index in [1.807, 2.05) is 42.5 Å². The standard InChI is InChI=1S/C31H40N4O6S/c1-31(2,3)29-27-28(23-17-22(40-6)13-14-24(23)41-7)42-19-26(37)34(18-25(36)32-15-8-16-38-4)30(27)35(33-29)20-9-11-21(39-5)12-10-20/h9-14,17,28H,8,15-16,18-19H2,1-7H3,(H,32,36)/t28-/m0/s1. The fraction of sp³-hybridized carbons (Fsp3) is 0.452. The first-order valence-electron chi connectivity index (χ1n) is 13.8. The molecule has 11 heteroatoms. The third-order valence-corrected chi connectivity index (χ3v) is 8.22. The summed E-state index contributed by atoms with van der Waals surface area (Å²) >= 11 is 1.49. The lowest BCUT2D eigenvalue weighted by molar-refractivity contribution is -0.122. The van der Waals surface area contributed by atoms with Crippen LogP contribution in [0, 0.1) is 0 Å². The number of carbonyl (C=O) groups excluding carboxylic acids is 2. The van der Waals surface area contributed by atoms with Gasteiger partial charge in [-0.25, -0.2) is 4.68 Å². The highest BCUT2D eigenvalue weighted by Crippen LogP contribution is 2.51. The van der Waals surface area contributed by atoms with Crippen LogP contribution in [0.25, 0.3) is 5.69 Å². The molecule has 1 atom stereocenters. The molecule has 0 aliphatic carbocycles. The van der Waals surface area contributed by atoms with Gasteiger partial charge in [-0.1, -0.05) is 20.8 Å². The number of rotatable bonds is 11. The van der Waals surface area contributed by atoms with E-state index in [0.717, 1.165) is 22.5 Å². The number of ether oxygens (including phenoxy) is 4. The van der Waals surface area contributed by atoms with Crippen LogP contribution >= 0.6 is 11.8 Å². The quantitative estimate of drug-likeness (QED) is 0.323. The molecular weight excluding hydrogens is 556 g/mol. The van der Waals surface area contributed by atoms with Crippen molar-refractivity contribution in [2.24, 2.45) is 0 Å². The van der Waals surface area contributed by atoms with Crippen LogP contribution < -0.4 is 24.4 Å². The van der Waals surface area contributed by atoms with E-state index in [0.29, 0.717) is 42.6 Å². The van der Waals surface area contributed by atoms with Crippen molar-refractivity contribution in [2.45, 2.75) is 37.9 Å². The van der Waals surface area contributed by atoms with Crippen LogP contribution in [0.15, 0.2) is 42.5 Å². The zero-order valence-corrected chi connectivity index (χ0v) is 26.2. The minimum absolute atomic E-state index is 0.146. The van der Waals surface area contributed by atoms with Gasteiger partial charge in [-0.2, -0.15) is 5.10 Å². The molecule has 0 saturated carbocycles. The Morgan fingerprint density at radius 1 is 1.02 bits per heavy atom. The van der Waals surface area contributed by atoms with Gasteiger partial charge in [-0.15, -0.1) is 11.8 Å². The lowest BCUT2D eigenvalue weighted by atomic mass is 9.87. The van der Waals surface area contributed by atoms with E-state index in [2.05, 4.69) is 26.1 Å². The molecule has 0 spiro atoms. The minimum atomic E-state index is -0.395. The zero-order valence-electron chi connectivity index (χ0n) is 25.4. The Labute approximate surface area is 251 Å². The lowest BCUT2D eigenvalue weighted by Gasteiger charge is -2.25. The van der Waals surface area contributed by atoms with Crippen LogP contribution in [0.3, 0.4) is 0 Å². The second-order valence-electron chi connectivity index (χ2n) is 10.9. The Hall–Kier alpha value is -3.70.